The molecule has 180 valence electrons. The number of hydrogen-bond donors (Lipinski definition) is 2. The summed E-state index contributed by atoms with van der Waals surface area (Å²) in [6, 6.07) is 0.459. The van der Waals surface area contributed by atoms with E-state index in [-0.39, 0.29) is 43.3 Å². The van der Waals surface area contributed by atoms with Gasteiger partial charge in [0.25, 0.3) is 0 Å². The molecule has 5 aliphatic rings. The molecular formula is C25H42N3O4+. The minimum absolute atomic E-state index is 0. The molecule has 32 heavy (non-hydrogen) atoms. The number of allylic oxidation sites excluding steroid dienone is 1. The van der Waals surface area contributed by atoms with E-state index in [9.17, 15) is 4.79 Å². The topological polar surface area (TPSA) is 71.8 Å². The van der Waals surface area contributed by atoms with E-state index in [1.807, 2.05) is 6.92 Å². The zero-order valence-electron chi connectivity index (χ0n) is 19.2. The summed E-state index contributed by atoms with van der Waals surface area (Å²) >= 11 is 0. The molecule has 7 atom stereocenters. The van der Waals surface area contributed by atoms with Gasteiger partial charge in [0.2, 0.25) is 5.72 Å². The highest BCUT2D eigenvalue weighted by atomic mass is 16.6. The van der Waals surface area contributed by atoms with Crippen LogP contribution in [-0.4, -0.2) is 58.9 Å². The van der Waals surface area contributed by atoms with E-state index in [4.69, 9.17) is 14.2 Å². The molecule has 5 aliphatic heterocycles. The van der Waals surface area contributed by atoms with Crippen LogP contribution in [0, 0.1) is 5.92 Å². The summed E-state index contributed by atoms with van der Waals surface area (Å²) in [7, 11) is 0. The second-order valence-corrected chi connectivity index (χ2v) is 9.97. The van der Waals surface area contributed by atoms with Crippen molar-refractivity contribution >= 4 is 11.9 Å². The van der Waals surface area contributed by atoms with Crippen molar-refractivity contribution < 1.29 is 23.6 Å². The number of nitrogens with zero attached hydrogens (tertiary/aromatic N) is 1. The molecule has 0 aromatic rings. The first-order valence-electron chi connectivity index (χ1n) is 12.4. The molecule has 7 nitrogen and oxygen atoms in total. The van der Waals surface area contributed by atoms with Crippen molar-refractivity contribution in [1.29, 1.82) is 0 Å². The van der Waals surface area contributed by atoms with Crippen LogP contribution in [0.2, 0.25) is 0 Å². The van der Waals surface area contributed by atoms with Gasteiger partial charge in [-0.1, -0.05) is 26.5 Å². The number of ether oxygens (including phenoxy) is 3. The summed E-state index contributed by atoms with van der Waals surface area (Å²) in [4.78, 5) is 13.2. The fourth-order valence-electron chi connectivity index (χ4n) is 6.63. The van der Waals surface area contributed by atoms with Gasteiger partial charge in [0.15, 0.2) is 11.6 Å². The molecule has 0 bridgehead atoms. The van der Waals surface area contributed by atoms with Gasteiger partial charge in [-0.2, -0.15) is 0 Å². The van der Waals surface area contributed by atoms with Crippen LogP contribution in [-0.2, 0) is 19.0 Å². The van der Waals surface area contributed by atoms with Crippen LogP contribution >= 0.6 is 0 Å². The summed E-state index contributed by atoms with van der Waals surface area (Å²) in [5.74, 6) is 0.542. The zero-order valence-corrected chi connectivity index (χ0v) is 19.2. The predicted molar refractivity (Wildman–Crippen MR) is 123 cm³/mol. The Morgan fingerprint density at radius 2 is 2.06 bits per heavy atom. The van der Waals surface area contributed by atoms with Crippen molar-refractivity contribution in [3.63, 3.8) is 0 Å². The first kappa shape index (κ1) is 23.6. The number of carbonyl (C=O) groups is 1. The fourth-order valence-corrected chi connectivity index (χ4v) is 6.63. The van der Waals surface area contributed by atoms with Crippen LogP contribution < -0.4 is 10.6 Å². The van der Waals surface area contributed by atoms with Gasteiger partial charge in [-0.25, -0.2) is 10.6 Å². The summed E-state index contributed by atoms with van der Waals surface area (Å²) < 4.78 is 21.3. The first-order chi connectivity index (χ1) is 15.0. The highest BCUT2D eigenvalue weighted by Gasteiger charge is 2.64. The molecule has 2 fully saturated rings. The molecule has 2 spiro atoms. The Labute approximate surface area is 192 Å². The fraction of sp³-hybridized carbons (Fsp3) is 0.840. The summed E-state index contributed by atoms with van der Waals surface area (Å²) in [5.41, 5.74) is -1.09. The highest BCUT2D eigenvalue weighted by molar-refractivity contribution is 5.82. The first-order valence-corrected chi connectivity index (χ1v) is 12.4. The van der Waals surface area contributed by atoms with E-state index in [0.29, 0.717) is 12.6 Å². The van der Waals surface area contributed by atoms with Crippen LogP contribution in [0.4, 0.5) is 0 Å². The average molecular weight is 449 g/mol. The van der Waals surface area contributed by atoms with Crippen LogP contribution in [0.1, 0.15) is 86.0 Å². The van der Waals surface area contributed by atoms with Crippen LogP contribution in [0.3, 0.4) is 0 Å². The number of rotatable bonds is 3. The van der Waals surface area contributed by atoms with Gasteiger partial charge in [-0.05, 0) is 52.4 Å². The average Bonchev–Trinajstić information content (AvgIpc) is 3.03. The van der Waals surface area contributed by atoms with E-state index in [2.05, 4.69) is 41.2 Å². The standard InChI is InChI=1S/C24H37N3O4.CH4/c1-4-18-10-6-7-13-23(31-18)15-17-11-12-19-20(21(28)29-5-2)24(14-8-9-16(3)30-24)26-22(25-23)27(17)19;/h6,10,16-20H,4-5,7-9,11-15H2,1-3H3,(H,25,26);1H4/p+1/t16-,17+,18+,19?,20-,23+,24-;/m1./s1. The number of guanidine groups is 1. The Balaban J connectivity index is 0.00000245. The second kappa shape index (κ2) is 8.98. The van der Waals surface area contributed by atoms with Gasteiger partial charge < -0.3 is 14.2 Å². The Morgan fingerprint density at radius 3 is 2.81 bits per heavy atom. The summed E-state index contributed by atoms with van der Waals surface area (Å²) in [6.07, 6.45) is 13.5. The summed E-state index contributed by atoms with van der Waals surface area (Å²) in [6.45, 7) is 6.57. The van der Waals surface area contributed by atoms with Crippen LogP contribution in [0.5, 0.6) is 0 Å². The Morgan fingerprint density at radius 1 is 1.22 bits per heavy atom. The normalized spacial score (nSPS) is 42.5. The SMILES string of the molecule is C.CCOC(=O)[C@H]1C2CC[C@H]3C[C@@]4(CCC=C[C@H](CC)O4)NC(=[N+]23)N[C@@]12CCC[C@@H](C)O2. The molecule has 2 N–H and O–H groups in total. The maximum Gasteiger partial charge on any atom is 0.350 e. The maximum atomic E-state index is 13.2. The molecule has 0 saturated carbocycles. The third kappa shape index (κ3) is 3.85. The minimum atomic E-state index is -0.714. The van der Waals surface area contributed by atoms with Crippen molar-refractivity contribution in [2.45, 2.75) is 122 Å². The van der Waals surface area contributed by atoms with Gasteiger partial charge in [-0.3, -0.25) is 9.37 Å². The summed E-state index contributed by atoms with van der Waals surface area (Å²) in [5, 5.41) is 7.52. The number of nitrogens with one attached hydrogen (secondary N) is 2. The number of carbonyl (C=O) groups excluding carboxylic acids is 1. The Bertz CT molecular complexity index is 783. The third-order valence-corrected chi connectivity index (χ3v) is 7.89. The van der Waals surface area contributed by atoms with Gasteiger partial charge in [0.1, 0.15) is 0 Å². The molecule has 1 unspecified atom stereocenters. The largest absolute Gasteiger partial charge is 0.465 e. The molecule has 0 aromatic heterocycles. The minimum Gasteiger partial charge on any atom is -0.465 e. The number of esters is 1. The third-order valence-electron chi connectivity index (χ3n) is 7.89. The molecule has 2 saturated heterocycles. The lowest BCUT2D eigenvalue weighted by Gasteiger charge is -2.50. The molecule has 5 rings (SSSR count). The molecule has 0 radical (unpaired) electrons. The predicted octanol–water partition coefficient (Wildman–Crippen LogP) is 3.42. The quantitative estimate of drug-likeness (QED) is 0.392. The lowest BCUT2D eigenvalue weighted by Crippen LogP contribution is -2.76. The van der Waals surface area contributed by atoms with Crippen molar-refractivity contribution in [2.75, 3.05) is 6.61 Å². The zero-order chi connectivity index (χ0) is 21.6. The molecule has 5 heterocycles. The monoisotopic (exact) mass is 448 g/mol. The van der Waals surface area contributed by atoms with Crippen molar-refractivity contribution in [1.82, 2.24) is 10.6 Å². The van der Waals surface area contributed by atoms with Crippen LogP contribution in [0.15, 0.2) is 12.2 Å². The highest BCUT2D eigenvalue weighted by Crippen LogP contribution is 2.45. The van der Waals surface area contributed by atoms with Gasteiger partial charge in [-0.15, -0.1) is 0 Å². The molecule has 7 heteroatoms. The van der Waals surface area contributed by atoms with E-state index in [1.165, 1.54) is 0 Å². The Kier molecular flexibility index (Phi) is 6.61. The van der Waals surface area contributed by atoms with Crippen molar-refractivity contribution in [3.05, 3.63) is 12.2 Å². The van der Waals surface area contributed by atoms with Crippen molar-refractivity contribution in [3.8, 4) is 0 Å². The smallest absolute Gasteiger partial charge is 0.350 e. The van der Waals surface area contributed by atoms with Crippen molar-refractivity contribution in [2.24, 2.45) is 5.92 Å². The maximum absolute atomic E-state index is 13.2. The number of hydrogen-bond acceptors (Lipinski definition) is 6. The molecule has 0 aromatic carbocycles. The molecular weight excluding hydrogens is 406 g/mol. The molecule has 0 aliphatic carbocycles. The van der Waals surface area contributed by atoms with Gasteiger partial charge in [0, 0.05) is 19.3 Å². The lowest BCUT2D eigenvalue weighted by atomic mass is 9.80. The van der Waals surface area contributed by atoms with Gasteiger partial charge in [0.05, 0.1) is 30.9 Å². The molecule has 0 amide bonds. The van der Waals surface area contributed by atoms with E-state index in [0.717, 1.165) is 63.7 Å². The van der Waals surface area contributed by atoms with E-state index >= 15 is 0 Å². The van der Waals surface area contributed by atoms with Gasteiger partial charge >= 0.3 is 11.9 Å². The second-order valence-electron chi connectivity index (χ2n) is 9.97. The Hall–Kier alpha value is -1.60. The van der Waals surface area contributed by atoms with E-state index < -0.39 is 5.72 Å². The van der Waals surface area contributed by atoms with Crippen LogP contribution in [0.25, 0.3) is 0 Å². The lowest BCUT2D eigenvalue weighted by molar-refractivity contribution is -0.609. The van der Waals surface area contributed by atoms with E-state index in [1.54, 1.807) is 0 Å².